The Morgan fingerprint density at radius 2 is 2.14 bits per heavy atom. The topological polar surface area (TPSA) is 52.7 Å². The van der Waals surface area contributed by atoms with Gasteiger partial charge in [0.2, 0.25) is 10.0 Å². The lowest BCUT2D eigenvalue weighted by Gasteiger charge is -2.37. The Labute approximate surface area is 133 Å². The van der Waals surface area contributed by atoms with E-state index in [0.717, 1.165) is 37.7 Å². The molecule has 1 N–H and O–H groups in total. The second kappa shape index (κ2) is 6.28. The number of hydrogen-bond acceptors (Lipinski definition) is 4. The van der Waals surface area contributed by atoms with Gasteiger partial charge in [0.1, 0.15) is 0 Å². The van der Waals surface area contributed by atoms with Crippen molar-refractivity contribution in [1.29, 1.82) is 0 Å². The van der Waals surface area contributed by atoms with E-state index in [1.807, 2.05) is 18.2 Å². The fourth-order valence-corrected chi connectivity index (χ4v) is 4.58. The fraction of sp³-hybridized carbons (Fsp3) is 0.625. The molecule has 22 heavy (non-hydrogen) atoms. The monoisotopic (exact) mass is 323 g/mol. The van der Waals surface area contributed by atoms with Gasteiger partial charge in [0.05, 0.1) is 4.90 Å². The first-order valence-corrected chi connectivity index (χ1v) is 9.39. The molecule has 5 nitrogen and oxygen atoms in total. The van der Waals surface area contributed by atoms with Crippen molar-refractivity contribution >= 4 is 10.0 Å². The van der Waals surface area contributed by atoms with Crippen molar-refractivity contribution in [2.24, 2.45) is 5.92 Å². The fourth-order valence-electron chi connectivity index (χ4n) is 3.61. The molecule has 2 saturated heterocycles. The van der Waals surface area contributed by atoms with Crippen LogP contribution >= 0.6 is 0 Å². The van der Waals surface area contributed by atoms with Gasteiger partial charge in [-0.3, -0.25) is 4.90 Å². The molecule has 2 fully saturated rings. The van der Waals surface area contributed by atoms with E-state index in [1.165, 1.54) is 17.1 Å². The molecular weight excluding hydrogens is 298 g/mol. The van der Waals surface area contributed by atoms with Crippen LogP contribution in [0.1, 0.15) is 18.4 Å². The number of piperidine rings is 1. The van der Waals surface area contributed by atoms with Gasteiger partial charge in [-0.15, -0.1) is 0 Å². The molecular formula is C16H25N3O2S. The zero-order chi connectivity index (χ0) is 15.7. The van der Waals surface area contributed by atoms with Crippen molar-refractivity contribution < 1.29 is 8.42 Å². The molecule has 0 amide bonds. The zero-order valence-corrected chi connectivity index (χ0v) is 14.1. The predicted molar refractivity (Wildman–Crippen MR) is 87.1 cm³/mol. The first kappa shape index (κ1) is 15.9. The van der Waals surface area contributed by atoms with Crippen molar-refractivity contribution in [2.45, 2.75) is 30.3 Å². The molecule has 6 heteroatoms. The van der Waals surface area contributed by atoms with E-state index in [4.69, 9.17) is 0 Å². The summed E-state index contributed by atoms with van der Waals surface area (Å²) < 4.78 is 25.8. The molecule has 122 valence electrons. The summed E-state index contributed by atoms with van der Waals surface area (Å²) in [6, 6.07) is 7.97. The minimum atomic E-state index is -3.36. The second-order valence-electron chi connectivity index (χ2n) is 6.53. The van der Waals surface area contributed by atoms with E-state index in [-0.39, 0.29) is 0 Å². The molecule has 2 aliphatic rings. The Morgan fingerprint density at radius 3 is 2.91 bits per heavy atom. The maximum atomic E-state index is 12.3. The highest BCUT2D eigenvalue weighted by atomic mass is 32.2. The molecule has 0 saturated carbocycles. The predicted octanol–water partition coefficient (Wildman–Crippen LogP) is 1.12. The van der Waals surface area contributed by atoms with Gasteiger partial charge in [-0.2, -0.15) is 0 Å². The van der Waals surface area contributed by atoms with Crippen LogP contribution in [-0.2, 0) is 16.6 Å². The number of rotatable bonds is 4. The Morgan fingerprint density at radius 1 is 1.32 bits per heavy atom. The summed E-state index contributed by atoms with van der Waals surface area (Å²) in [5, 5.41) is 3.49. The third-order valence-electron chi connectivity index (χ3n) is 4.86. The summed E-state index contributed by atoms with van der Waals surface area (Å²) in [6.45, 7) is 4.11. The molecule has 3 rings (SSSR count). The van der Waals surface area contributed by atoms with Crippen molar-refractivity contribution in [3.8, 4) is 0 Å². The van der Waals surface area contributed by atoms with Crippen LogP contribution in [0.5, 0.6) is 0 Å². The van der Waals surface area contributed by atoms with Crippen LogP contribution in [0.2, 0.25) is 0 Å². The molecule has 0 radical (unpaired) electrons. The van der Waals surface area contributed by atoms with Gasteiger partial charge >= 0.3 is 0 Å². The Kier molecular flexibility index (Phi) is 4.54. The highest BCUT2D eigenvalue weighted by Crippen LogP contribution is 2.28. The summed E-state index contributed by atoms with van der Waals surface area (Å²) >= 11 is 0. The number of likely N-dealkylation sites (tertiary alicyclic amines) is 1. The number of fused-ring (bicyclic) bond motifs is 1. The van der Waals surface area contributed by atoms with Gasteiger partial charge in [-0.05, 0) is 49.5 Å². The SMILES string of the molecule is CN(C)S(=O)(=O)c1cccc(CN2CCC[C@H]3CNC[C@H]32)c1. The van der Waals surface area contributed by atoms with E-state index in [2.05, 4.69) is 10.2 Å². The minimum Gasteiger partial charge on any atom is -0.315 e. The van der Waals surface area contributed by atoms with Crippen LogP contribution < -0.4 is 5.32 Å². The Balaban J connectivity index is 1.78. The zero-order valence-electron chi connectivity index (χ0n) is 13.3. The van der Waals surface area contributed by atoms with Crippen LogP contribution in [0, 0.1) is 5.92 Å². The van der Waals surface area contributed by atoms with Gasteiger partial charge < -0.3 is 5.32 Å². The number of nitrogens with zero attached hydrogens (tertiary/aromatic N) is 2. The third kappa shape index (κ3) is 3.06. The molecule has 1 aromatic carbocycles. The smallest absolute Gasteiger partial charge is 0.242 e. The van der Waals surface area contributed by atoms with E-state index in [9.17, 15) is 8.42 Å². The average Bonchev–Trinajstić information content (AvgIpc) is 2.97. The lowest BCUT2D eigenvalue weighted by atomic mass is 9.92. The first-order valence-electron chi connectivity index (χ1n) is 7.95. The van der Waals surface area contributed by atoms with Crippen molar-refractivity contribution in [2.75, 3.05) is 33.7 Å². The van der Waals surface area contributed by atoms with Crippen LogP contribution in [0.3, 0.4) is 0 Å². The van der Waals surface area contributed by atoms with Gasteiger partial charge in [0, 0.05) is 33.2 Å². The van der Waals surface area contributed by atoms with Gasteiger partial charge in [0.25, 0.3) is 0 Å². The maximum Gasteiger partial charge on any atom is 0.242 e. The highest BCUT2D eigenvalue weighted by molar-refractivity contribution is 7.89. The van der Waals surface area contributed by atoms with E-state index in [1.54, 1.807) is 20.2 Å². The van der Waals surface area contributed by atoms with E-state index in [0.29, 0.717) is 10.9 Å². The maximum absolute atomic E-state index is 12.3. The van der Waals surface area contributed by atoms with Crippen molar-refractivity contribution in [3.63, 3.8) is 0 Å². The molecule has 2 heterocycles. The molecule has 0 aliphatic carbocycles. The largest absolute Gasteiger partial charge is 0.315 e. The third-order valence-corrected chi connectivity index (χ3v) is 6.67. The molecule has 2 aliphatic heterocycles. The average molecular weight is 323 g/mol. The highest BCUT2D eigenvalue weighted by Gasteiger charge is 2.34. The van der Waals surface area contributed by atoms with Crippen LogP contribution in [-0.4, -0.2) is 57.4 Å². The van der Waals surface area contributed by atoms with Crippen molar-refractivity contribution in [1.82, 2.24) is 14.5 Å². The number of nitrogens with one attached hydrogen (secondary N) is 1. The molecule has 1 aromatic rings. The molecule has 0 unspecified atom stereocenters. The van der Waals surface area contributed by atoms with Crippen LogP contribution in [0.25, 0.3) is 0 Å². The summed E-state index contributed by atoms with van der Waals surface area (Å²) in [7, 11) is -0.214. The van der Waals surface area contributed by atoms with Gasteiger partial charge in [-0.25, -0.2) is 12.7 Å². The molecule has 0 bridgehead atoms. The van der Waals surface area contributed by atoms with E-state index < -0.39 is 10.0 Å². The number of sulfonamides is 1. The molecule has 2 atom stereocenters. The van der Waals surface area contributed by atoms with Crippen LogP contribution in [0.15, 0.2) is 29.2 Å². The van der Waals surface area contributed by atoms with Gasteiger partial charge in [-0.1, -0.05) is 12.1 Å². The second-order valence-corrected chi connectivity index (χ2v) is 8.69. The normalized spacial score (nSPS) is 26.3. The number of hydrogen-bond donors (Lipinski definition) is 1. The lowest BCUT2D eigenvalue weighted by Crippen LogP contribution is -2.44. The standard InChI is InChI=1S/C16H25N3O2S/c1-18(2)22(20,21)15-7-3-5-13(9-15)12-19-8-4-6-14-10-17-11-16(14)19/h3,5,7,9,14,16-17H,4,6,8,10-12H2,1-2H3/t14-,16+/m0/s1. The summed E-state index contributed by atoms with van der Waals surface area (Å²) in [4.78, 5) is 2.89. The molecule has 0 spiro atoms. The lowest BCUT2D eigenvalue weighted by molar-refractivity contribution is 0.117. The Hall–Kier alpha value is -0.950. The summed E-state index contributed by atoms with van der Waals surface area (Å²) in [5.74, 6) is 0.752. The quantitative estimate of drug-likeness (QED) is 0.902. The summed E-state index contributed by atoms with van der Waals surface area (Å²) in [5.41, 5.74) is 1.08. The van der Waals surface area contributed by atoms with Crippen molar-refractivity contribution in [3.05, 3.63) is 29.8 Å². The van der Waals surface area contributed by atoms with E-state index >= 15 is 0 Å². The Bertz CT molecular complexity index is 630. The molecule has 0 aromatic heterocycles. The number of benzene rings is 1. The minimum absolute atomic E-state index is 0.383. The van der Waals surface area contributed by atoms with Gasteiger partial charge in [0.15, 0.2) is 0 Å². The summed E-state index contributed by atoms with van der Waals surface area (Å²) in [6.07, 6.45) is 2.54. The van der Waals surface area contributed by atoms with Crippen LogP contribution in [0.4, 0.5) is 0 Å². The first-order chi connectivity index (χ1) is 10.5.